The fourth-order valence-corrected chi connectivity index (χ4v) is 2.33. The van der Waals surface area contributed by atoms with E-state index < -0.39 is 11.4 Å². The van der Waals surface area contributed by atoms with Crippen molar-refractivity contribution in [2.45, 2.75) is 40.5 Å². The van der Waals surface area contributed by atoms with E-state index >= 15 is 0 Å². The van der Waals surface area contributed by atoms with E-state index in [2.05, 4.69) is 0 Å². The zero-order valence-corrected chi connectivity index (χ0v) is 15.3. The SMILES string of the molecule is Cc1cc(C(C)c2ccc(C(=O)O)o2)ccc1OCC(=O)C(C)(C)C. The molecule has 0 radical (unpaired) electrons. The number of ketones is 1. The van der Waals surface area contributed by atoms with Gasteiger partial charge in [-0.25, -0.2) is 4.79 Å². The molecule has 5 nitrogen and oxygen atoms in total. The van der Waals surface area contributed by atoms with E-state index in [9.17, 15) is 9.59 Å². The molecule has 1 aromatic carbocycles. The standard InChI is InChI=1S/C20H24O5/c1-12-10-14(13(2)16-8-9-17(25-16)19(22)23)6-7-15(12)24-11-18(21)20(3,4)5/h6-10,13H,11H2,1-5H3,(H,22,23). The lowest BCUT2D eigenvalue weighted by molar-refractivity contribution is -0.128. The summed E-state index contributed by atoms with van der Waals surface area (Å²) in [5.41, 5.74) is 1.47. The van der Waals surface area contributed by atoms with Crippen molar-refractivity contribution in [2.75, 3.05) is 6.61 Å². The second-order valence-electron chi connectivity index (χ2n) is 7.22. The number of aromatic carboxylic acids is 1. The first-order valence-corrected chi connectivity index (χ1v) is 8.19. The Labute approximate surface area is 147 Å². The second kappa shape index (κ2) is 7.13. The van der Waals surface area contributed by atoms with Crippen LogP contribution in [0.25, 0.3) is 0 Å². The van der Waals surface area contributed by atoms with Crippen LogP contribution in [0.2, 0.25) is 0 Å². The van der Waals surface area contributed by atoms with Crippen molar-refractivity contribution in [1.82, 2.24) is 0 Å². The molecule has 0 aliphatic carbocycles. The summed E-state index contributed by atoms with van der Waals surface area (Å²) in [6, 6.07) is 8.83. The molecule has 134 valence electrons. The van der Waals surface area contributed by atoms with E-state index in [0.717, 1.165) is 11.1 Å². The molecule has 0 saturated heterocycles. The van der Waals surface area contributed by atoms with Crippen molar-refractivity contribution in [3.05, 3.63) is 53.0 Å². The van der Waals surface area contributed by atoms with E-state index in [-0.39, 0.29) is 24.1 Å². The van der Waals surface area contributed by atoms with E-state index in [1.165, 1.54) is 6.07 Å². The number of hydrogen-bond acceptors (Lipinski definition) is 4. The molecule has 25 heavy (non-hydrogen) atoms. The molecule has 0 aliphatic rings. The summed E-state index contributed by atoms with van der Waals surface area (Å²) in [6.07, 6.45) is 0. The Morgan fingerprint density at radius 3 is 2.40 bits per heavy atom. The number of rotatable bonds is 6. The fourth-order valence-electron chi connectivity index (χ4n) is 2.33. The van der Waals surface area contributed by atoms with Gasteiger partial charge in [0.2, 0.25) is 5.76 Å². The van der Waals surface area contributed by atoms with Gasteiger partial charge in [0.1, 0.15) is 18.1 Å². The topological polar surface area (TPSA) is 76.7 Å². The van der Waals surface area contributed by atoms with Gasteiger partial charge in [-0.1, -0.05) is 39.8 Å². The first-order chi connectivity index (χ1) is 11.6. The number of aryl methyl sites for hydroxylation is 1. The highest BCUT2D eigenvalue weighted by Crippen LogP contribution is 2.29. The maximum Gasteiger partial charge on any atom is 0.371 e. The highest BCUT2D eigenvalue weighted by Gasteiger charge is 2.22. The molecular weight excluding hydrogens is 320 g/mol. The van der Waals surface area contributed by atoms with E-state index in [0.29, 0.717) is 11.5 Å². The third-order valence-corrected chi connectivity index (χ3v) is 4.16. The predicted molar refractivity (Wildman–Crippen MR) is 94.3 cm³/mol. The Morgan fingerprint density at radius 2 is 1.88 bits per heavy atom. The fraction of sp³-hybridized carbons (Fsp3) is 0.400. The molecular formula is C20H24O5. The van der Waals surface area contributed by atoms with E-state index in [1.54, 1.807) is 6.07 Å². The maximum absolute atomic E-state index is 12.0. The lowest BCUT2D eigenvalue weighted by atomic mass is 9.91. The molecule has 0 spiro atoms. The summed E-state index contributed by atoms with van der Waals surface area (Å²) >= 11 is 0. The number of Topliss-reactive ketones (excluding diaryl/α,β-unsaturated/α-hetero) is 1. The lowest BCUT2D eigenvalue weighted by Gasteiger charge is -2.18. The molecule has 1 heterocycles. The number of carboxylic acid groups (broad SMARTS) is 1. The Balaban J connectivity index is 2.12. The van der Waals surface area contributed by atoms with Crippen LogP contribution in [0.3, 0.4) is 0 Å². The monoisotopic (exact) mass is 344 g/mol. The van der Waals surface area contributed by atoms with Gasteiger partial charge in [0.05, 0.1) is 0 Å². The van der Waals surface area contributed by atoms with Crippen LogP contribution in [0.4, 0.5) is 0 Å². The first kappa shape index (κ1) is 18.8. The van der Waals surface area contributed by atoms with Crippen molar-refractivity contribution in [3.63, 3.8) is 0 Å². The van der Waals surface area contributed by atoms with Gasteiger partial charge in [0, 0.05) is 11.3 Å². The molecule has 1 atom stereocenters. The van der Waals surface area contributed by atoms with Gasteiger partial charge in [0.25, 0.3) is 0 Å². The van der Waals surface area contributed by atoms with Crippen molar-refractivity contribution in [2.24, 2.45) is 5.41 Å². The summed E-state index contributed by atoms with van der Waals surface area (Å²) < 4.78 is 11.0. The number of carboxylic acids is 1. The quantitative estimate of drug-likeness (QED) is 0.839. The van der Waals surface area contributed by atoms with Crippen molar-refractivity contribution >= 4 is 11.8 Å². The highest BCUT2D eigenvalue weighted by molar-refractivity contribution is 5.85. The van der Waals surface area contributed by atoms with E-state index in [1.807, 2.05) is 52.8 Å². The molecule has 2 aromatic rings. The van der Waals surface area contributed by atoms with Crippen LogP contribution in [0, 0.1) is 12.3 Å². The molecule has 0 amide bonds. The van der Waals surface area contributed by atoms with Crippen molar-refractivity contribution in [1.29, 1.82) is 0 Å². The molecule has 0 fully saturated rings. The minimum atomic E-state index is -1.08. The van der Waals surface area contributed by atoms with Crippen LogP contribution in [0.15, 0.2) is 34.7 Å². The first-order valence-electron chi connectivity index (χ1n) is 8.19. The van der Waals surface area contributed by atoms with Crippen molar-refractivity contribution in [3.8, 4) is 5.75 Å². The summed E-state index contributed by atoms with van der Waals surface area (Å²) in [5.74, 6) is 0.0619. The molecule has 0 aliphatic heterocycles. The normalized spacial score (nSPS) is 12.7. The lowest BCUT2D eigenvalue weighted by Crippen LogP contribution is -2.26. The van der Waals surface area contributed by atoms with E-state index in [4.69, 9.17) is 14.3 Å². The molecule has 0 bridgehead atoms. The van der Waals surface area contributed by atoms with Gasteiger partial charge in [-0.2, -0.15) is 0 Å². The summed E-state index contributed by atoms with van der Waals surface area (Å²) in [4.78, 5) is 22.9. The predicted octanol–water partition coefficient (Wildman–Crippen LogP) is 4.43. The summed E-state index contributed by atoms with van der Waals surface area (Å²) in [6.45, 7) is 9.50. The molecule has 2 rings (SSSR count). The largest absolute Gasteiger partial charge is 0.486 e. The number of carbonyl (C=O) groups excluding carboxylic acids is 1. The third-order valence-electron chi connectivity index (χ3n) is 4.16. The van der Waals surface area contributed by atoms with Crippen LogP contribution < -0.4 is 4.74 Å². The van der Waals surface area contributed by atoms with Gasteiger partial charge in [0.15, 0.2) is 5.78 Å². The zero-order valence-electron chi connectivity index (χ0n) is 15.3. The number of hydrogen-bond donors (Lipinski definition) is 1. The Kier molecular flexibility index (Phi) is 5.36. The van der Waals surface area contributed by atoms with Crippen LogP contribution in [0.1, 0.15) is 61.1 Å². The van der Waals surface area contributed by atoms with Gasteiger partial charge in [-0.05, 0) is 36.2 Å². The van der Waals surface area contributed by atoms with Gasteiger partial charge in [-0.15, -0.1) is 0 Å². The molecule has 0 saturated carbocycles. The average molecular weight is 344 g/mol. The molecule has 1 aromatic heterocycles. The average Bonchev–Trinajstić information content (AvgIpc) is 3.01. The zero-order chi connectivity index (χ0) is 18.8. The molecule has 5 heteroatoms. The summed E-state index contributed by atoms with van der Waals surface area (Å²) in [5, 5.41) is 8.95. The second-order valence-corrected chi connectivity index (χ2v) is 7.22. The smallest absolute Gasteiger partial charge is 0.371 e. The van der Waals surface area contributed by atoms with Gasteiger partial charge >= 0.3 is 5.97 Å². The minimum absolute atomic E-state index is 0.0411. The van der Waals surface area contributed by atoms with Crippen LogP contribution in [0.5, 0.6) is 5.75 Å². The Morgan fingerprint density at radius 1 is 1.20 bits per heavy atom. The summed E-state index contributed by atoms with van der Waals surface area (Å²) in [7, 11) is 0. The Hall–Kier alpha value is -2.56. The van der Waals surface area contributed by atoms with Crippen LogP contribution in [-0.4, -0.2) is 23.5 Å². The van der Waals surface area contributed by atoms with Crippen LogP contribution >= 0.6 is 0 Å². The minimum Gasteiger partial charge on any atom is -0.486 e. The number of furan rings is 1. The molecule has 1 unspecified atom stereocenters. The van der Waals surface area contributed by atoms with Gasteiger partial charge in [-0.3, -0.25) is 4.79 Å². The van der Waals surface area contributed by atoms with Crippen LogP contribution in [-0.2, 0) is 4.79 Å². The number of carbonyl (C=O) groups is 2. The van der Waals surface area contributed by atoms with Crippen molar-refractivity contribution < 1.29 is 23.8 Å². The number of benzene rings is 1. The molecule has 1 N–H and O–H groups in total. The maximum atomic E-state index is 12.0. The Bertz CT molecular complexity index is 780. The highest BCUT2D eigenvalue weighted by atomic mass is 16.5. The number of ether oxygens (including phenoxy) is 1. The van der Waals surface area contributed by atoms with Gasteiger partial charge < -0.3 is 14.3 Å². The third kappa shape index (κ3) is 4.50.